The fraction of sp³-hybridized carbons (Fsp3) is 0. The predicted octanol–water partition coefficient (Wildman–Crippen LogP) is 5.21. The van der Waals surface area contributed by atoms with E-state index in [1.54, 1.807) is 0 Å². The number of para-hydroxylation sites is 1. The molecular formula is C15H9Cl2N. The van der Waals surface area contributed by atoms with Crippen LogP contribution in [0, 0.1) is 0 Å². The van der Waals surface area contributed by atoms with E-state index in [1.165, 1.54) is 0 Å². The Morgan fingerprint density at radius 2 is 1.50 bits per heavy atom. The molecule has 3 heteroatoms. The average molecular weight is 274 g/mol. The monoisotopic (exact) mass is 273 g/mol. The average Bonchev–Trinajstić information content (AvgIpc) is 2.39. The Bertz CT molecular complexity index is 723. The van der Waals surface area contributed by atoms with Crippen LogP contribution in [0.25, 0.3) is 22.2 Å². The summed E-state index contributed by atoms with van der Waals surface area (Å²) < 4.78 is 0. The van der Waals surface area contributed by atoms with E-state index in [9.17, 15) is 0 Å². The van der Waals surface area contributed by atoms with Crippen molar-refractivity contribution in [3.05, 3.63) is 64.6 Å². The van der Waals surface area contributed by atoms with Crippen LogP contribution in [0.1, 0.15) is 0 Å². The van der Waals surface area contributed by atoms with Gasteiger partial charge in [-0.1, -0.05) is 59.6 Å². The minimum Gasteiger partial charge on any atom is -0.248 e. The molecule has 1 nitrogen and oxygen atoms in total. The van der Waals surface area contributed by atoms with E-state index in [0.717, 1.165) is 22.2 Å². The van der Waals surface area contributed by atoms with Gasteiger partial charge in [0.25, 0.3) is 0 Å². The number of nitrogens with zero attached hydrogens (tertiary/aromatic N) is 1. The van der Waals surface area contributed by atoms with Crippen LogP contribution < -0.4 is 0 Å². The number of rotatable bonds is 1. The highest BCUT2D eigenvalue weighted by atomic mass is 35.5. The zero-order chi connectivity index (χ0) is 12.5. The topological polar surface area (TPSA) is 12.9 Å². The lowest BCUT2D eigenvalue weighted by atomic mass is 10.1. The normalized spacial score (nSPS) is 10.8. The smallest absolute Gasteiger partial charge is 0.0739 e. The van der Waals surface area contributed by atoms with Crippen LogP contribution in [0.2, 0.25) is 10.0 Å². The van der Waals surface area contributed by atoms with Crippen LogP contribution in [-0.4, -0.2) is 4.98 Å². The van der Waals surface area contributed by atoms with Crippen molar-refractivity contribution in [3.8, 4) is 11.3 Å². The Kier molecular flexibility index (Phi) is 2.94. The largest absolute Gasteiger partial charge is 0.248 e. The maximum atomic E-state index is 6.28. The summed E-state index contributed by atoms with van der Waals surface area (Å²) in [6, 6.07) is 17.3. The highest BCUT2D eigenvalue weighted by molar-refractivity contribution is 6.36. The highest BCUT2D eigenvalue weighted by Crippen LogP contribution is 2.31. The Labute approximate surface area is 115 Å². The van der Waals surface area contributed by atoms with Gasteiger partial charge in [-0.15, -0.1) is 0 Å². The molecule has 88 valence electrons. The lowest BCUT2D eigenvalue weighted by Gasteiger charge is -2.06. The van der Waals surface area contributed by atoms with Gasteiger partial charge in [0.05, 0.1) is 16.2 Å². The molecule has 0 radical (unpaired) electrons. The van der Waals surface area contributed by atoms with Crippen molar-refractivity contribution in [1.29, 1.82) is 0 Å². The fourth-order valence-corrected chi connectivity index (χ4v) is 2.44. The summed E-state index contributed by atoms with van der Waals surface area (Å²) in [6.07, 6.45) is 0. The Hall–Kier alpha value is -1.57. The summed E-state index contributed by atoms with van der Waals surface area (Å²) in [6.45, 7) is 0. The van der Waals surface area contributed by atoms with Gasteiger partial charge < -0.3 is 0 Å². The van der Waals surface area contributed by atoms with Crippen molar-refractivity contribution >= 4 is 34.1 Å². The third-order valence-electron chi connectivity index (χ3n) is 2.82. The summed E-state index contributed by atoms with van der Waals surface area (Å²) in [7, 11) is 0. The summed E-state index contributed by atoms with van der Waals surface area (Å²) in [5, 5.41) is 2.32. The van der Waals surface area contributed by atoms with Gasteiger partial charge in [0.15, 0.2) is 0 Å². The molecule has 0 spiro atoms. The van der Waals surface area contributed by atoms with E-state index in [-0.39, 0.29) is 0 Å². The number of aromatic nitrogens is 1. The highest BCUT2D eigenvalue weighted by Gasteiger charge is 2.08. The molecule has 0 aliphatic heterocycles. The van der Waals surface area contributed by atoms with E-state index in [1.807, 2.05) is 54.6 Å². The third-order valence-corrected chi connectivity index (χ3v) is 3.46. The standard InChI is InChI=1S/C15H9Cl2N/c16-12-7-3-1-5-10(12)15-9-13(17)11-6-2-4-8-14(11)18-15/h1-9H. The molecule has 0 fully saturated rings. The van der Waals surface area contributed by atoms with Crippen LogP contribution in [0.15, 0.2) is 54.6 Å². The summed E-state index contributed by atoms with van der Waals surface area (Å²) in [5.41, 5.74) is 2.57. The Morgan fingerprint density at radius 3 is 2.33 bits per heavy atom. The molecule has 0 N–H and O–H groups in total. The molecule has 18 heavy (non-hydrogen) atoms. The van der Waals surface area contributed by atoms with Crippen molar-refractivity contribution in [3.63, 3.8) is 0 Å². The Morgan fingerprint density at radius 1 is 0.778 bits per heavy atom. The molecule has 0 atom stereocenters. The summed E-state index contributed by atoms with van der Waals surface area (Å²) >= 11 is 12.5. The molecule has 1 heterocycles. The minimum absolute atomic E-state index is 0.677. The zero-order valence-corrected chi connectivity index (χ0v) is 10.9. The second-order valence-electron chi connectivity index (χ2n) is 3.99. The van der Waals surface area contributed by atoms with Gasteiger partial charge in [-0.25, -0.2) is 4.98 Å². The van der Waals surface area contributed by atoms with E-state index >= 15 is 0 Å². The van der Waals surface area contributed by atoms with Gasteiger partial charge in [0.2, 0.25) is 0 Å². The molecule has 0 bridgehead atoms. The predicted molar refractivity (Wildman–Crippen MR) is 77.2 cm³/mol. The molecule has 0 aliphatic carbocycles. The number of hydrogen-bond acceptors (Lipinski definition) is 1. The first-order valence-electron chi connectivity index (χ1n) is 5.56. The first-order valence-corrected chi connectivity index (χ1v) is 6.31. The van der Waals surface area contributed by atoms with Crippen LogP contribution in [-0.2, 0) is 0 Å². The Balaban J connectivity index is 2.28. The number of benzene rings is 2. The molecule has 1 aromatic heterocycles. The van der Waals surface area contributed by atoms with Gasteiger partial charge in [-0.05, 0) is 18.2 Å². The zero-order valence-electron chi connectivity index (χ0n) is 9.40. The third kappa shape index (κ3) is 1.96. The number of hydrogen-bond donors (Lipinski definition) is 0. The molecule has 3 aromatic rings. The molecule has 0 amide bonds. The molecule has 2 aromatic carbocycles. The van der Waals surface area contributed by atoms with Gasteiger partial charge in [0.1, 0.15) is 0 Å². The van der Waals surface area contributed by atoms with Crippen LogP contribution >= 0.6 is 23.2 Å². The first-order chi connectivity index (χ1) is 8.75. The molecule has 0 saturated heterocycles. The van der Waals surface area contributed by atoms with Crippen LogP contribution in [0.5, 0.6) is 0 Å². The fourth-order valence-electron chi connectivity index (χ4n) is 1.94. The van der Waals surface area contributed by atoms with Crippen molar-refractivity contribution in [2.24, 2.45) is 0 Å². The first kappa shape index (κ1) is 11.5. The van der Waals surface area contributed by atoms with Crippen molar-refractivity contribution in [2.75, 3.05) is 0 Å². The summed E-state index contributed by atoms with van der Waals surface area (Å²) in [5.74, 6) is 0. The molecule has 0 aliphatic rings. The number of pyridine rings is 1. The SMILES string of the molecule is Clc1ccccc1-c1cc(Cl)c2ccccc2n1. The lowest BCUT2D eigenvalue weighted by molar-refractivity contribution is 1.40. The second-order valence-corrected chi connectivity index (χ2v) is 4.80. The maximum Gasteiger partial charge on any atom is 0.0739 e. The molecule has 0 unspecified atom stereocenters. The van der Waals surface area contributed by atoms with Crippen molar-refractivity contribution < 1.29 is 0 Å². The molecular weight excluding hydrogens is 265 g/mol. The molecule has 3 rings (SSSR count). The van der Waals surface area contributed by atoms with Crippen molar-refractivity contribution in [1.82, 2.24) is 4.98 Å². The van der Waals surface area contributed by atoms with Gasteiger partial charge in [-0.3, -0.25) is 0 Å². The van der Waals surface area contributed by atoms with E-state index in [2.05, 4.69) is 4.98 Å². The second kappa shape index (κ2) is 4.60. The van der Waals surface area contributed by atoms with Crippen LogP contribution in [0.3, 0.4) is 0 Å². The maximum absolute atomic E-state index is 6.28. The molecule has 0 saturated carbocycles. The summed E-state index contributed by atoms with van der Waals surface area (Å²) in [4.78, 5) is 4.60. The van der Waals surface area contributed by atoms with Crippen LogP contribution in [0.4, 0.5) is 0 Å². The number of fused-ring (bicyclic) bond motifs is 1. The van der Waals surface area contributed by atoms with Gasteiger partial charge in [0, 0.05) is 16.0 Å². The van der Waals surface area contributed by atoms with E-state index in [0.29, 0.717) is 10.0 Å². The number of halogens is 2. The van der Waals surface area contributed by atoms with E-state index < -0.39 is 0 Å². The van der Waals surface area contributed by atoms with Gasteiger partial charge in [-0.2, -0.15) is 0 Å². The quantitative estimate of drug-likeness (QED) is 0.593. The lowest BCUT2D eigenvalue weighted by Crippen LogP contribution is -1.87. The van der Waals surface area contributed by atoms with E-state index in [4.69, 9.17) is 23.2 Å². The minimum atomic E-state index is 0.677. The van der Waals surface area contributed by atoms with Crippen molar-refractivity contribution in [2.45, 2.75) is 0 Å². The van der Waals surface area contributed by atoms with Gasteiger partial charge >= 0.3 is 0 Å².